The molecule has 566 valence electrons. The molecule has 6 aliphatic heterocycles. The fraction of sp³-hybridized carbons (Fsp3) is 0.506. The van der Waals surface area contributed by atoms with Gasteiger partial charge in [-0.05, 0) is 219 Å². The number of likely N-dealkylation sites (tertiary alicyclic amines) is 2. The second-order valence-electron chi connectivity index (χ2n) is 31.6. The van der Waals surface area contributed by atoms with E-state index < -0.39 is 25.6 Å². The summed E-state index contributed by atoms with van der Waals surface area (Å²) >= 11 is 18.6. The van der Waals surface area contributed by atoms with Crippen molar-refractivity contribution in [2.45, 2.75) is 178 Å². The Bertz CT molecular complexity index is 5070. The lowest BCUT2D eigenvalue weighted by molar-refractivity contribution is -0.149. The second-order valence-corrected chi connectivity index (χ2v) is 37.0. The number of carbonyl (C=O) groups excluding carboxylic acids is 3. The summed E-state index contributed by atoms with van der Waals surface area (Å²) in [6, 6.07) is 24.1. The Morgan fingerprint density at radius 3 is 1.41 bits per heavy atom. The SMILES string of the molecule is CC(=O)N1CCC(c2cccc3[nH]ncc23)CC1(C)C.CC(C)(O)C(=O)N1CCC(c2cc(Cl)cc3[nH]ncc23)CC1.CC1(C)CC(c2cccc3[nH]ncc23)CCN1S(C)(=O)=O.O=C1NCCC12CCN(c1cc(Cl)cc3[nH]ncc13)CC2.O=S(=O)(C1CC1)N1CCC(c2cc(Cl)cc3[nH]ncc23)CC1. The van der Waals surface area contributed by atoms with E-state index in [0.717, 1.165) is 164 Å². The van der Waals surface area contributed by atoms with Crippen LogP contribution in [0.2, 0.25) is 15.1 Å². The van der Waals surface area contributed by atoms with Gasteiger partial charge in [0.05, 0.1) is 75.5 Å². The number of piperidine rings is 5. The number of hydrogen-bond donors (Lipinski definition) is 7. The average molecular weight is 1550 g/mol. The Hall–Kier alpha value is -7.69. The van der Waals surface area contributed by atoms with Crippen molar-refractivity contribution in [2.75, 3.05) is 70.1 Å². The van der Waals surface area contributed by atoms with E-state index in [1.54, 1.807) is 20.4 Å². The number of nitrogens with one attached hydrogen (secondary N) is 6. The van der Waals surface area contributed by atoms with Crippen molar-refractivity contribution < 1.29 is 36.3 Å². The van der Waals surface area contributed by atoms with Crippen LogP contribution in [0.5, 0.6) is 0 Å². The Labute approximate surface area is 633 Å². The Morgan fingerprint density at radius 2 is 0.962 bits per heavy atom. The van der Waals surface area contributed by atoms with E-state index in [0.29, 0.717) is 71.5 Å². The fourth-order valence-electron chi connectivity index (χ4n) is 17.4. The lowest BCUT2D eigenvalue weighted by Crippen LogP contribution is -2.51. The first-order valence-electron chi connectivity index (χ1n) is 36.9. The number of H-pyrrole nitrogens is 5. The lowest BCUT2D eigenvalue weighted by Gasteiger charge is -2.45. The monoisotopic (exact) mass is 1540 g/mol. The Morgan fingerprint density at radius 1 is 0.528 bits per heavy atom. The zero-order valence-electron chi connectivity index (χ0n) is 61.5. The normalized spacial score (nSPS) is 21.1. The molecule has 5 aromatic carbocycles. The second kappa shape index (κ2) is 30.8. The number of sulfonamides is 2. The van der Waals surface area contributed by atoms with Crippen molar-refractivity contribution in [3.63, 3.8) is 0 Å². The molecule has 7 aliphatic rings. The van der Waals surface area contributed by atoms with Gasteiger partial charge in [-0.3, -0.25) is 39.9 Å². The van der Waals surface area contributed by atoms with Crippen LogP contribution >= 0.6 is 34.8 Å². The summed E-state index contributed by atoms with van der Waals surface area (Å²) in [6.45, 7) is 19.6. The van der Waals surface area contributed by atoms with Crippen molar-refractivity contribution in [3.05, 3.63) is 141 Å². The number of nitrogens with zero attached hydrogens (tertiary/aromatic N) is 10. The van der Waals surface area contributed by atoms with Crippen LogP contribution in [0.1, 0.15) is 178 Å². The van der Waals surface area contributed by atoms with Gasteiger partial charge in [-0.25, -0.2) is 21.1 Å². The topological polar surface area (TPSA) is 311 Å². The highest BCUT2D eigenvalue weighted by atomic mass is 35.5. The zero-order chi connectivity index (χ0) is 75.3. The molecule has 5 aromatic heterocycles. The predicted molar refractivity (Wildman–Crippen MR) is 418 cm³/mol. The summed E-state index contributed by atoms with van der Waals surface area (Å²) in [4.78, 5) is 42.0. The predicted octanol–water partition coefficient (Wildman–Crippen LogP) is 13.5. The highest BCUT2D eigenvalue weighted by Crippen LogP contribution is 2.45. The lowest BCUT2D eigenvalue weighted by atomic mass is 9.77. The fourth-order valence-corrected chi connectivity index (χ4v) is 21.3. The molecule has 7 N–H and O–H groups in total. The maximum Gasteiger partial charge on any atom is 0.253 e. The zero-order valence-corrected chi connectivity index (χ0v) is 65.4. The van der Waals surface area contributed by atoms with Gasteiger partial charge in [0.25, 0.3) is 5.91 Å². The molecule has 1 aliphatic carbocycles. The molecule has 7 fully saturated rings. The number of benzene rings is 5. The van der Waals surface area contributed by atoms with Gasteiger partial charge in [0.15, 0.2) is 0 Å². The highest BCUT2D eigenvalue weighted by Gasteiger charge is 2.46. The van der Waals surface area contributed by atoms with E-state index in [1.807, 2.05) is 98.3 Å². The summed E-state index contributed by atoms with van der Waals surface area (Å²) in [5.41, 5.74) is 9.18. The average Bonchev–Trinajstić information content (AvgIpc) is 1.52. The molecular formula is C77H97Cl3N16O8S2. The summed E-state index contributed by atoms with van der Waals surface area (Å²) in [5, 5.41) is 55.9. The number of aromatic amines is 5. The standard InChI is InChI=1S/C16H20ClN3O2.C16H21N3O.C15H17ClN4O.C15H18ClN3O2S.C15H21N3O2S/c1-16(2,22)15(21)20-5-3-10(4-6-20)12-7-11(17)8-14-13(12)9-18-19-14;1-11(20)19-8-7-12(9-16(19,2)3)13-5-4-6-15-14(13)10-17-18-15;16-10-7-12-11(9-18-19-12)13(8-10)20-5-2-15(3-6-20)1-4-17-14(15)21;16-11-7-13(14-9-17-18-15(14)8-11)10-3-5-19(6-4-10)22(20,21)12-1-2-12;1-15(2)9-11(7-8-18(15)21(3,19)20)12-5-4-6-14-13(12)10-16-17-14/h7-10,22H,3-6H2,1-2H3,(H,18,19);4-6,10,12H,7-9H2,1-3H3,(H,17,18);7-9H,1-6H2,(H,17,21)(H,18,19);7-10,12H,1-6H2,(H,17,18);4-6,10-11H,7-9H2,1-3H3,(H,16,17). The number of hydrogen-bond acceptors (Lipinski definition) is 14. The minimum absolute atomic E-state index is 0.0827. The van der Waals surface area contributed by atoms with Crippen molar-refractivity contribution in [3.8, 4) is 0 Å². The quantitative estimate of drug-likeness (QED) is 0.0707. The first kappa shape index (κ1) is 76.5. The van der Waals surface area contributed by atoms with E-state index in [1.165, 1.54) is 47.7 Å². The van der Waals surface area contributed by atoms with Gasteiger partial charge in [-0.2, -0.15) is 29.8 Å². The molecule has 0 bridgehead atoms. The number of rotatable bonds is 9. The van der Waals surface area contributed by atoms with Crippen LogP contribution in [0.15, 0.2) is 104 Å². The molecule has 11 heterocycles. The van der Waals surface area contributed by atoms with Crippen molar-refractivity contribution in [1.29, 1.82) is 0 Å². The van der Waals surface area contributed by atoms with Crippen LogP contribution in [0.4, 0.5) is 5.69 Å². The number of amides is 3. The van der Waals surface area contributed by atoms with E-state index in [9.17, 15) is 36.3 Å². The van der Waals surface area contributed by atoms with Gasteiger partial charge in [-0.1, -0.05) is 59.1 Å². The molecule has 17 rings (SSSR count). The molecule has 24 nitrogen and oxygen atoms in total. The number of fused-ring (bicyclic) bond motifs is 5. The number of aromatic nitrogens is 10. The van der Waals surface area contributed by atoms with E-state index in [-0.39, 0.29) is 39.5 Å². The molecule has 2 unspecified atom stereocenters. The van der Waals surface area contributed by atoms with Crippen LogP contribution in [0.3, 0.4) is 0 Å². The van der Waals surface area contributed by atoms with Crippen molar-refractivity contribution >= 4 is 133 Å². The molecule has 29 heteroatoms. The Balaban J connectivity index is 0.000000117. The number of anilines is 1. The van der Waals surface area contributed by atoms with E-state index in [4.69, 9.17) is 34.8 Å². The van der Waals surface area contributed by atoms with Crippen molar-refractivity contribution in [2.24, 2.45) is 5.41 Å². The summed E-state index contributed by atoms with van der Waals surface area (Å²) in [7, 11) is -6.20. The third-order valence-corrected chi connectivity index (χ3v) is 27.5. The number of carbonyl (C=O) groups is 3. The van der Waals surface area contributed by atoms with Crippen molar-refractivity contribution in [1.82, 2.24) is 74.7 Å². The maximum atomic E-state index is 12.3. The first-order chi connectivity index (χ1) is 50.4. The molecule has 3 amide bonds. The maximum absolute atomic E-state index is 12.3. The van der Waals surface area contributed by atoms with Gasteiger partial charge in [0.1, 0.15) is 5.60 Å². The summed E-state index contributed by atoms with van der Waals surface area (Å²) < 4.78 is 51.8. The van der Waals surface area contributed by atoms with E-state index >= 15 is 0 Å². The van der Waals surface area contributed by atoms with Gasteiger partial charge in [0.2, 0.25) is 31.9 Å². The van der Waals surface area contributed by atoms with Gasteiger partial charge >= 0.3 is 0 Å². The smallest absolute Gasteiger partial charge is 0.253 e. The molecule has 1 saturated carbocycles. The number of aliphatic hydroxyl groups is 1. The van der Waals surface area contributed by atoms with Crippen LogP contribution < -0.4 is 10.2 Å². The van der Waals surface area contributed by atoms with Crippen LogP contribution in [-0.2, 0) is 34.4 Å². The van der Waals surface area contributed by atoms with Crippen LogP contribution in [0.25, 0.3) is 54.5 Å². The molecule has 6 saturated heterocycles. The Kier molecular flexibility index (Phi) is 22.2. The molecular weight excluding hydrogens is 1450 g/mol. The van der Waals surface area contributed by atoms with Gasteiger partial charge in [0, 0.05) is 125 Å². The number of halogens is 3. The van der Waals surface area contributed by atoms with Gasteiger partial charge < -0.3 is 25.1 Å². The third-order valence-electron chi connectivity index (χ3n) is 23.0. The minimum Gasteiger partial charge on any atom is -0.381 e. The minimum atomic E-state index is -3.16. The van der Waals surface area contributed by atoms with Gasteiger partial charge in [-0.15, -0.1) is 0 Å². The highest BCUT2D eigenvalue weighted by molar-refractivity contribution is 7.90. The molecule has 1 spiro atoms. The molecule has 0 radical (unpaired) electrons. The van der Waals surface area contributed by atoms with Crippen LogP contribution in [-0.4, -0.2) is 196 Å². The largest absolute Gasteiger partial charge is 0.381 e. The molecule has 2 atom stereocenters. The first-order valence-corrected chi connectivity index (χ1v) is 41.4. The summed E-state index contributed by atoms with van der Waals surface area (Å²) in [5.74, 6) is 1.75. The molecule has 10 aromatic rings. The van der Waals surface area contributed by atoms with Crippen LogP contribution in [0, 0.1) is 5.41 Å². The third kappa shape index (κ3) is 16.5. The molecule has 106 heavy (non-hydrogen) atoms. The van der Waals surface area contributed by atoms with E-state index in [2.05, 4.69) is 99.3 Å². The summed E-state index contributed by atoms with van der Waals surface area (Å²) in [6.07, 6.45) is 22.1.